The van der Waals surface area contributed by atoms with Crippen molar-refractivity contribution in [1.29, 1.82) is 0 Å². The van der Waals surface area contributed by atoms with Crippen molar-refractivity contribution in [1.82, 2.24) is 15.5 Å². The highest BCUT2D eigenvalue weighted by Gasteiger charge is 2.07. The summed E-state index contributed by atoms with van der Waals surface area (Å²) in [6.07, 6.45) is 3.72. The van der Waals surface area contributed by atoms with Crippen molar-refractivity contribution in [3.05, 3.63) is 23.5 Å². The Kier molecular flexibility index (Phi) is 1.36. The molecule has 0 unspecified atom stereocenters. The van der Waals surface area contributed by atoms with E-state index in [0.717, 1.165) is 25.2 Å². The predicted molar refractivity (Wildman–Crippen MR) is 36.3 cm³/mol. The largest absolute Gasteiger partial charge is 0.312 e. The van der Waals surface area contributed by atoms with Crippen molar-refractivity contribution in [2.75, 3.05) is 6.54 Å². The maximum absolute atomic E-state index is 3.97. The van der Waals surface area contributed by atoms with Gasteiger partial charge in [-0.15, -0.1) is 5.10 Å². The average molecular weight is 134 g/mol. The maximum atomic E-state index is 3.97. The Labute approximate surface area is 59.5 Å². The van der Waals surface area contributed by atoms with Crippen LogP contribution in [0.2, 0.25) is 0 Å². The first-order valence-electron chi connectivity index (χ1n) is 3.39. The predicted octanol–water partition coefficient (Wildman–Crippen LogP) is -0.0775. The van der Waals surface area contributed by atoms with E-state index in [1.54, 1.807) is 0 Å². The second-order valence-electron chi connectivity index (χ2n) is 2.37. The highest BCUT2D eigenvalue weighted by molar-refractivity contribution is 5.18. The standard InChI is InChI=1S/C7H8N3/c1-4-9-10-7-2-3-8-5-6(1)7/h1,8H,2-3,5H2. The van der Waals surface area contributed by atoms with Crippen LogP contribution in [0.5, 0.6) is 0 Å². The number of fused-ring (bicyclic) bond motifs is 1. The first-order chi connectivity index (χ1) is 4.97. The molecule has 3 nitrogen and oxygen atoms in total. The third-order valence-corrected chi connectivity index (χ3v) is 1.69. The van der Waals surface area contributed by atoms with E-state index in [-0.39, 0.29) is 0 Å². The van der Waals surface area contributed by atoms with Crippen LogP contribution in [0, 0.1) is 6.20 Å². The van der Waals surface area contributed by atoms with Gasteiger partial charge in [0.2, 0.25) is 0 Å². The summed E-state index contributed by atoms with van der Waals surface area (Å²) < 4.78 is 0. The Morgan fingerprint density at radius 3 is 3.50 bits per heavy atom. The van der Waals surface area contributed by atoms with E-state index in [2.05, 4.69) is 21.7 Å². The Bertz CT molecular complexity index is 209. The van der Waals surface area contributed by atoms with Crippen molar-refractivity contribution < 1.29 is 0 Å². The lowest BCUT2D eigenvalue weighted by Gasteiger charge is -2.13. The van der Waals surface area contributed by atoms with E-state index >= 15 is 0 Å². The summed E-state index contributed by atoms with van der Waals surface area (Å²) in [5.41, 5.74) is 2.36. The molecule has 0 saturated carbocycles. The van der Waals surface area contributed by atoms with Crippen LogP contribution in [0.15, 0.2) is 6.07 Å². The minimum Gasteiger partial charge on any atom is -0.312 e. The summed E-state index contributed by atoms with van der Waals surface area (Å²) in [6.45, 7) is 1.94. The molecule has 1 aromatic rings. The van der Waals surface area contributed by atoms with Crippen LogP contribution in [-0.4, -0.2) is 16.7 Å². The van der Waals surface area contributed by atoms with Gasteiger partial charge in [-0.3, -0.25) is 0 Å². The van der Waals surface area contributed by atoms with Crippen molar-refractivity contribution in [3.63, 3.8) is 0 Å². The molecule has 1 radical (unpaired) electrons. The molecule has 1 N–H and O–H groups in total. The van der Waals surface area contributed by atoms with Gasteiger partial charge in [0.1, 0.15) is 6.20 Å². The molecule has 0 amide bonds. The lowest BCUT2D eigenvalue weighted by Crippen LogP contribution is -2.24. The molecule has 0 atom stereocenters. The fraction of sp³-hybridized carbons (Fsp3) is 0.429. The third kappa shape index (κ3) is 0.885. The molecule has 1 aromatic heterocycles. The van der Waals surface area contributed by atoms with Gasteiger partial charge in [-0.2, -0.15) is 5.10 Å². The van der Waals surface area contributed by atoms with Crippen LogP contribution in [0.1, 0.15) is 11.3 Å². The van der Waals surface area contributed by atoms with Gasteiger partial charge in [-0.25, -0.2) is 0 Å². The Morgan fingerprint density at radius 2 is 2.60 bits per heavy atom. The van der Waals surface area contributed by atoms with Gasteiger partial charge in [0.05, 0.1) is 5.69 Å². The maximum Gasteiger partial charge on any atom is 0.114 e. The molecule has 51 valence electrons. The van der Waals surface area contributed by atoms with Crippen LogP contribution in [0.4, 0.5) is 0 Å². The van der Waals surface area contributed by atoms with Gasteiger partial charge in [0.25, 0.3) is 0 Å². The number of rotatable bonds is 0. The molecule has 0 saturated heterocycles. The molecule has 1 aliphatic heterocycles. The molecule has 3 heteroatoms. The zero-order valence-corrected chi connectivity index (χ0v) is 5.59. The topological polar surface area (TPSA) is 37.8 Å². The Balaban J connectivity index is 2.41. The zero-order valence-electron chi connectivity index (χ0n) is 5.59. The number of aromatic nitrogens is 2. The van der Waals surface area contributed by atoms with Gasteiger partial charge in [-0.1, -0.05) is 0 Å². The van der Waals surface area contributed by atoms with E-state index in [9.17, 15) is 0 Å². The summed E-state index contributed by atoms with van der Waals surface area (Å²) in [7, 11) is 0. The van der Waals surface area contributed by atoms with Crippen LogP contribution < -0.4 is 5.32 Å². The van der Waals surface area contributed by atoms with Gasteiger partial charge in [0.15, 0.2) is 0 Å². The number of hydrogen-bond acceptors (Lipinski definition) is 3. The Hall–Kier alpha value is -0.960. The summed E-state index contributed by atoms with van der Waals surface area (Å²) in [5, 5.41) is 10.9. The first-order valence-corrected chi connectivity index (χ1v) is 3.39. The average Bonchev–Trinajstić information content (AvgIpc) is 2.05. The summed E-state index contributed by atoms with van der Waals surface area (Å²) >= 11 is 0. The second kappa shape index (κ2) is 2.34. The molecule has 0 aliphatic carbocycles. The quantitative estimate of drug-likeness (QED) is 0.539. The van der Waals surface area contributed by atoms with E-state index in [1.807, 2.05) is 6.07 Å². The minimum absolute atomic E-state index is 0.918. The minimum atomic E-state index is 0.918. The van der Waals surface area contributed by atoms with Crippen molar-refractivity contribution in [2.24, 2.45) is 0 Å². The van der Waals surface area contributed by atoms with Crippen molar-refractivity contribution in [3.8, 4) is 0 Å². The van der Waals surface area contributed by atoms with E-state index in [0.29, 0.717) is 0 Å². The molecule has 2 rings (SSSR count). The van der Waals surface area contributed by atoms with E-state index in [4.69, 9.17) is 0 Å². The van der Waals surface area contributed by atoms with E-state index < -0.39 is 0 Å². The normalized spacial score (nSPS) is 16.4. The Morgan fingerprint density at radius 1 is 1.60 bits per heavy atom. The lowest BCUT2D eigenvalue weighted by atomic mass is 10.1. The van der Waals surface area contributed by atoms with Gasteiger partial charge < -0.3 is 5.32 Å². The van der Waals surface area contributed by atoms with Gasteiger partial charge in [0, 0.05) is 19.5 Å². The van der Waals surface area contributed by atoms with Crippen LogP contribution in [0.25, 0.3) is 0 Å². The smallest absolute Gasteiger partial charge is 0.114 e. The second-order valence-corrected chi connectivity index (χ2v) is 2.37. The van der Waals surface area contributed by atoms with Gasteiger partial charge >= 0.3 is 0 Å². The first kappa shape index (κ1) is 5.80. The highest BCUT2D eigenvalue weighted by Crippen LogP contribution is 2.07. The summed E-state index contributed by atoms with van der Waals surface area (Å²) in [6, 6.07) is 1.90. The number of hydrogen-bond donors (Lipinski definition) is 1. The molecule has 0 fully saturated rings. The van der Waals surface area contributed by atoms with Crippen LogP contribution >= 0.6 is 0 Å². The molecule has 0 bridgehead atoms. The molecule has 10 heavy (non-hydrogen) atoms. The third-order valence-electron chi connectivity index (χ3n) is 1.69. The fourth-order valence-corrected chi connectivity index (χ4v) is 1.14. The van der Waals surface area contributed by atoms with Crippen molar-refractivity contribution in [2.45, 2.75) is 13.0 Å². The summed E-state index contributed by atoms with van der Waals surface area (Å²) in [4.78, 5) is 0. The lowest BCUT2D eigenvalue weighted by molar-refractivity contribution is 0.620. The number of nitrogens with zero attached hydrogens (tertiary/aromatic N) is 2. The van der Waals surface area contributed by atoms with Crippen molar-refractivity contribution >= 4 is 0 Å². The number of nitrogens with one attached hydrogen (secondary N) is 1. The molecular weight excluding hydrogens is 126 g/mol. The SMILES string of the molecule is [c]1cc2c(nn1)CCNC2. The highest BCUT2D eigenvalue weighted by atomic mass is 15.1. The summed E-state index contributed by atoms with van der Waals surface area (Å²) in [5.74, 6) is 0. The zero-order chi connectivity index (χ0) is 6.81. The molecule has 1 aliphatic rings. The van der Waals surface area contributed by atoms with Gasteiger partial charge in [-0.05, 0) is 11.6 Å². The fourth-order valence-electron chi connectivity index (χ4n) is 1.14. The molecule has 0 spiro atoms. The van der Waals surface area contributed by atoms with E-state index in [1.165, 1.54) is 5.56 Å². The molecular formula is C7H8N3. The molecule has 2 heterocycles. The van der Waals surface area contributed by atoms with Crippen LogP contribution in [-0.2, 0) is 13.0 Å². The molecule has 0 aromatic carbocycles. The van der Waals surface area contributed by atoms with Crippen LogP contribution in [0.3, 0.4) is 0 Å². The monoisotopic (exact) mass is 134 g/mol.